The number of halogens is 1. The van der Waals surface area contributed by atoms with Crippen molar-refractivity contribution >= 4 is 23.5 Å². The Labute approximate surface area is 129 Å². The Bertz CT molecular complexity index is 490. The van der Waals surface area contributed by atoms with Gasteiger partial charge in [0.25, 0.3) is 0 Å². The van der Waals surface area contributed by atoms with Crippen molar-refractivity contribution in [3.63, 3.8) is 0 Å². The van der Waals surface area contributed by atoms with Gasteiger partial charge in [0, 0.05) is 5.02 Å². The molecule has 1 amide bonds. The second-order valence-electron chi connectivity index (χ2n) is 4.90. The summed E-state index contributed by atoms with van der Waals surface area (Å²) in [5.74, 6) is -0.902. The van der Waals surface area contributed by atoms with E-state index >= 15 is 0 Å². The standard InChI is InChI=1S/C15H20ClNO4/c1-10(2)14(15(19)20-3)17-13(18)9-21-8-11-6-4-5-7-12(11)16/h4-7,10,14H,8-9H2,1-3H3,(H,17,18). The van der Waals surface area contributed by atoms with Crippen LogP contribution >= 0.6 is 11.6 Å². The van der Waals surface area contributed by atoms with E-state index in [1.165, 1.54) is 7.11 Å². The number of hydrogen-bond acceptors (Lipinski definition) is 4. The molecular formula is C15H20ClNO4. The molecule has 21 heavy (non-hydrogen) atoms. The zero-order valence-corrected chi connectivity index (χ0v) is 13.1. The second-order valence-corrected chi connectivity index (χ2v) is 5.30. The van der Waals surface area contributed by atoms with Crippen LogP contribution in [0, 0.1) is 5.92 Å². The monoisotopic (exact) mass is 313 g/mol. The van der Waals surface area contributed by atoms with E-state index in [-0.39, 0.29) is 25.0 Å². The Hall–Kier alpha value is -1.59. The minimum Gasteiger partial charge on any atom is -0.467 e. The van der Waals surface area contributed by atoms with Gasteiger partial charge in [0.15, 0.2) is 0 Å². The topological polar surface area (TPSA) is 64.6 Å². The van der Waals surface area contributed by atoms with Crippen LogP contribution in [0.25, 0.3) is 0 Å². The summed E-state index contributed by atoms with van der Waals surface area (Å²) in [6.07, 6.45) is 0. The van der Waals surface area contributed by atoms with Crippen LogP contribution < -0.4 is 5.32 Å². The van der Waals surface area contributed by atoms with E-state index in [4.69, 9.17) is 16.3 Å². The van der Waals surface area contributed by atoms with E-state index in [1.807, 2.05) is 32.0 Å². The highest BCUT2D eigenvalue weighted by Gasteiger charge is 2.24. The van der Waals surface area contributed by atoms with Crippen molar-refractivity contribution in [3.8, 4) is 0 Å². The molecule has 0 saturated carbocycles. The van der Waals surface area contributed by atoms with Crippen LogP contribution in [-0.4, -0.2) is 31.6 Å². The molecule has 5 nitrogen and oxygen atoms in total. The Morgan fingerprint density at radius 2 is 1.95 bits per heavy atom. The Kier molecular flexibility index (Phi) is 7.19. The summed E-state index contributed by atoms with van der Waals surface area (Å²) in [4.78, 5) is 23.3. The van der Waals surface area contributed by atoms with Crippen LogP contribution in [0.5, 0.6) is 0 Å². The molecule has 0 fully saturated rings. The molecule has 0 heterocycles. The Morgan fingerprint density at radius 1 is 1.29 bits per heavy atom. The number of hydrogen-bond donors (Lipinski definition) is 1. The molecule has 0 aromatic heterocycles. The lowest BCUT2D eigenvalue weighted by Gasteiger charge is -2.19. The predicted octanol–water partition coefficient (Wildman–Crippen LogP) is 2.17. The van der Waals surface area contributed by atoms with Gasteiger partial charge in [-0.25, -0.2) is 4.79 Å². The first kappa shape index (κ1) is 17.5. The van der Waals surface area contributed by atoms with Gasteiger partial charge >= 0.3 is 5.97 Å². The van der Waals surface area contributed by atoms with Gasteiger partial charge in [-0.3, -0.25) is 4.79 Å². The maximum Gasteiger partial charge on any atom is 0.328 e. The molecule has 0 radical (unpaired) electrons. The smallest absolute Gasteiger partial charge is 0.328 e. The lowest BCUT2D eigenvalue weighted by Crippen LogP contribution is -2.46. The molecule has 0 spiro atoms. The maximum absolute atomic E-state index is 11.8. The summed E-state index contributed by atoms with van der Waals surface area (Å²) in [5.41, 5.74) is 0.806. The molecule has 6 heteroatoms. The van der Waals surface area contributed by atoms with Crippen molar-refractivity contribution in [2.45, 2.75) is 26.5 Å². The van der Waals surface area contributed by atoms with E-state index in [0.717, 1.165) is 5.56 Å². The van der Waals surface area contributed by atoms with Crippen LogP contribution in [0.4, 0.5) is 0 Å². The van der Waals surface area contributed by atoms with E-state index < -0.39 is 12.0 Å². The van der Waals surface area contributed by atoms with Gasteiger partial charge in [0.1, 0.15) is 12.6 Å². The average molecular weight is 314 g/mol. The fourth-order valence-electron chi connectivity index (χ4n) is 1.71. The highest BCUT2D eigenvalue weighted by atomic mass is 35.5. The van der Waals surface area contributed by atoms with Gasteiger partial charge in [0.05, 0.1) is 13.7 Å². The van der Waals surface area contributed by atoms with Crippen LogP contribution in [-0.2, 0) is 25.7 Å². The first-order chi connectivity index (χ1) is 9.95. The van der Waals surface area contributed by atoms with Crippen molar-refractivity contribution in [2.75, 3.05) is 13.7 Å². The minimum atomic E-state index is -0.675. The molecule has 0 aliphatic rings. The van der Waals surface area contributed by atoms with Gasteiger partial charge in [-0.2, -0.15) is 0 Å². The van der Waals surface area contributed by atoms with Crippen molar-refractivity contribution in [2.24, 2.45) is 5.92 Å². The summed E-state index contributed by atoms with van der Waals surface area (Å²) >= 11 is 5.98. The lowest BCUT2D eigenvalue weighted by atomic mass is 10.0. The SMILES string of the molecule is COC(=O)C(NC(=O)COCc1ccccc1Cl)C(C)C. The van der Waals surface area contributed by atoms with E-state index in [0.29, 0.717) is 5.02 Å². The molecule has 1 rings (SSSR count). The van der Waals surface area contributed by atoms with E-state index in [2.05, 4.69) is 10.1 Å². The number of ether oxygens (including phenoxy) is 2. The minimum absolute atomic E-state index is 0.0648. The number of carbonyl (C=O) groups is 2. The first-order valence-electron chi connectivity index (χ1n) is 6.64. The number of nitrogens with one attached hydrogen (secondary N) is 1. The zero-order valence-electron chi connectivity index (χ0n) is 12.4. The maximum atomic E-state index is 11.8. The van der Waals surface area contributed by atoms with Gasteiger partial charge in [-0.1, -0.05) is 43.6 Å². The first-order valence-corrected chi connectivity index (χ1v) is 7.01. The van der Waals surface area contributed by atoms with Crippen molar-refractivity contribution in [1.82, 2.24) is 5.32 Å². The highest BCUT2D eigenvalue weighted by Crippen LogP contribution is 2.15. The number of esters is 1. The molecule has 0 bridgehead atoms. The number of amides is 1. The molecule has 116 valence electrons. The summed E-state index contributed by atoms with van der Waals surface area (Å²) in [6.45, 7) is 3.74. The van der Waals surface area contributed by atoms with Crippen LogP contribution in [0.2, 0.25) is 5.02 Å². The summed E-state index contributed by atoms with van der Waals surface area (Å²) < 4.78 is 9.96. The van der Waals surface area contributed by atoms with Crippen LogP contribution in [0.3, 0.4) is 0 Å². The van der Waals surface area contributed by atoms with E-state index in [9.17, 15) is 9.59 Å². The van der Waals surface area contributed by atoms with Crippen molar-refractivity contribution < 1.29 is 19.1 Å². The average Bonchev–Trinajstić information content (AvgIpc) is 2.45. The van der Waals surface area contributed by atoms with Gasteiger partial charge < -0.3 is 14.8 Å². The zero-order chi connectivity index (χ0) is 15.8. The van der Waals surface area contributed by atoms with E-state index in [1.54, 1.807) is 6.07 Å². The summed E-state index contributed by atoms with van der Waals surface area (Å²) in [7, 11) is 1.29. The lowest BCUT2D eigenvalue weighted by molar-refractivity contribution is -0.147. The predicted molar refractivity (Wildman–Crippen MR) is 79.9 cm³/mol. The fraction of sp³-hybridized carbons (Fsp3) is 0.467. The van der Waals surface area contributed by atoms with Crippen molar-refractivity contribution in [1.29, 1.82) is 0 Å². The highest BCUT2D eigenvalue weighted by molar-refractivity contribution is 6.31. The fourth-order valence-corrected chi connectivity index (χ4v) is 1.90. The molecular weight excluding hydrogens is 294 g/mol. The molecule has 1 atom stereocenters. The van der Waals surface area contributed by atoms with Crippen LogP contribution in [0.15, 0.2) is 24.3 Å². The molecule has 0 saturated heterocycles. The molecule has 1 aromatic carbocycles. The third kappa shape index (κ3) is 5.73. The molecule has 1 N–H and O–H groups in total. The molecule has 1 aromatic rings. The number of methoxy groups -OCH3 is 1. The molecule has 0 aliphatic carbocycles. The normalized spacial score (nSPS) is 12.0. The van der Waals surface area contributed by atoms with Gasteiger partial charge in [0.2, 0.25) is 5.91 Å². The summed E-state index contributed by atoms with van der Waals surface area (Å²) in [6, 6.07) is 6.57. The van der Waals surface area contributed by atoms with Crippen molar-refractivity contribution in [3.05, 3.63) is 34.9 Å². The number of benzene rings is 1. The summed E-state index contributed by atoms with van der Waals surface area (Å²) in [5, 5.41) is 3.19. The largest absolute Gasteiger partial charge is 0.467 e. The quantitative estimate of drug-likeness (QED) is 0.784. The third-order valence-corrected chi connectivity index (χ3v) is 3.26. The van der Waals surface area contributed by atoms with Gasteiger partial charge in [-0.15, -0.1) is 0 Å². The van der Waals surface area contributed by atoms with Gasteiger partial charge in [-0.05, 0) is 17.5 Å². The third-order valence-electron chi connectivity index (χ3n) is 2.89. The Balaban J connectivity index is 2.43. The second kappa shape index (κ2) is 8.64. The molecule has 1 unspecified atom stereocenters. The number of carbonyl (C=O) groups excluding carboxylic acids is 2. The molecule has 0 aliphatic heterocycles. The Morgan fingerprint density at radius 3 is 2.52 bits per heavy atom. The van der Waals surface area contributed by atoms with Crippen LogP contribution in [0.1, 0.15) is 19.4 Å². The number of rotatable bonds is 7.